The maximum absolute atomic E-state index is 10.4. The van der Waals surface area contributed by atoms with Crippen LogP contribution in [0.1, 0.15) is 11.3 Å². The van der Waals surface area contributed by atoms with E-state index in [1.807, 2.05) is 37.3 Å². The third kappa shape index (κ3) is 4.18. The minimum Gasteiger partial charge on any atom is -0.448 e. The smallest absolute Gasteiger partial charge is 0.332 e. The number of hydrogen-bond donors (Lipinski definition) is 2. The van der Waals surface area contributed by atoms with E-state index >= 15 is 0 Å². The summed E-state index contributed by atoms with van der Waals surface area (Å²) in [4.78, 5) is 11.5. The number of nitrogens with one attached hydrogen (secondary N) is 1. The Kier molecular flexibility index (Phi) is 4.25. The number of carbonyl (C=O) groups excluding carboxylic acids is 1. The highest BCUT2D eigenvalue weighted by molar-refractivity contribution is 7.99. The van der Waals surface area contributed by atoms with Crippen molar-refractivity contribution < 1.29 is 9.21 Å². The molecule has 0 bridgehead atoms. The molecule has 98 valence electrons. The molecule has 0 spiro atoms. The number of furan rings is 1. The van der Waals surface area contributed by atoms with Gasteiger partial charge in [0, 0.05) is 4.90 Å². The largest absolute Gasteiger partial charge is 0.448 e. The molecule has 0 aliphatic heterocycles. The van der Waals surface area contributed by atoms with Gasteiger partial charge in [-0.15, -0.1) is 0 Å². The van der Waals surface area contributed by atoms with Crippen molar-refractivity contribution in [2.24, 2.45) is 10.8 Å². The normalized spacial score (nSPS) is 10.8. The Labute approximate surface area is 114 Å². The van der Waals surface area contributed by atoms with E-state index in [-0.39, 0.29) is 0 Å². The first-order valence-corrected chi connectivity index (χ1v) is 6.38. The lowest BCUT2D eigenvalue weighted by atomic mass is 10.2. The van der Waals surface area contributed by atoms with Gasteiger partial charge in [-0.2, -0.15) is 5.10 Å². The Morgan fingerprint density at radius 2 is 2.05 bits per heavy atom. The molecule has 0 fully saturated rings. The van der Waals surface area contributed by atoms with Crippen molar-refractivity contribution in [3.05, 3.63) is 47.7 Å². The average Bonchev–Trinajstić information content (AvgIpc) is 2.79. The summed E-state index contributed by atoms with van der Waals surface area (Å²) in [7, 11) is 0. The molecule has 0 saturated carbocycles. The molecular formula is C13H13N3O2S. The van der Waals surface area contributed by atoms with E-state index < -0.39 is 6.03 Å². The number of nitrogens with two attached hydrogens (primary N) is 1. The van der Waals surface area contributed by atoms with Gasteiger partial charge in [0.15, 0.2) is 5.09 Å². The second kappa shape index (κ2) is 6.10. The second-order valence-corrected chi connectivity index (χ2v) is 4.88. The standard InChI is InChI=1S/C13H13N3O2S/c1-9-2-5-11(6-3-9)19-12-7-4-10(18-12)8-15-16-13(14)17/h2-8H,1H3,(H3,14,16,17)/b15-8+. The van der Waals surface area contributed by atoms with Crippen molar-refractivity contribution in [2.45, 2.75) is 16.9 Å². The highest BCUT2D eigenvalue weighted by Gasteiger charge is 2.02. The van der Waals surface area contributed by atoms with Crippen LogP contribution in [0, 0.1) is 6.92 Å². The lowest BCUT2D eigenvalue weighted by molar-refractivity contribution is 0.249. The van der Waals surface area contributed by atoms with Crippen LogP contribution in [0.4, 0.5) is 4.79 Å². The molecule has 2 rings (SSSR count). The lowest BCUT2D eigenvalue weighted by Crippen LogP contribution is -2.24. The van der Waals surface area contributed by atoms with Crippen molar-refractivity contribution in [2.75, 3.05) is 0 Å². The first-order chi connectivity index (χ1) is 9.13. The highest BCUT2D eigenvalue weighted by atomic mass is 32.2. The van der Waals surface area contributed by atoms with Gasteiger partial charge >= 0.3 is 6.03 Å². The van der Waals surface area contributed by atoms with Crippen LogP contribution in [0.15, 0.2) is 55.9 Å². The SMILES string of the molecule is Cc1ccc(Sc2ccc(/C=N/NC(N)=O)o2)cc1. The molecule has 0 unspecified atom stereocenters. The van der Waals surface area contributed by atoms with Crippen molar-refractivity contribution in [1.29, 1.82) is 0 Å². The summed E-state index contributed by atoms with van der Waals surface area (Å²) < 4.78 is 5.52. The van der Waals surface area contributed by atoms with Crippen LogP contribution in [-0.2, 0) is 0 Å². The van der Waals surface area contributed by atoms with Gasteiger partial charge in [-0.25, -0.2) is 10.2 Å². The molecule has 3 N–H and O–H groups in total. The molecule has 2 amide bonds. The Balaban J connectivity index is 1.99. The number of primary amides is 1. The van der Waals surface area contributed by atoms with E-state index in [9.17, 15) is 4.79 Å². The van der Waals surface area contributed by atoms with E-state index in [0.29, 0.717) is 5.76 Å². The molecule has 2 aromatic rings. The van der Waals surface area contributed by atoms with Gasteiger partial charge in [-0.1, -0.05) is 29.5 Å². The van der Waals surface area contributed by atoms with Crippen LogP contribution in [0.25, 0.3) is 0 Å². The van der Waals surface area contributed by atoms with Gasteiger partial charge in [-0.3, -0.25) is 0 Å². The summed E-state index contributed by atoms with van der Waals surface area (Å²) >= 11 is 1.52. The fourth-order valence-electron chi connectivity index (χ4n) is 1.34. The van der Waals surface area contributed by atoms with Gasteiger partial charge in [0.05, 0.1) is 6.21 Å². The number of nitrogens with zero attached hydrogens (tertiary/aromatic N) is 1. The minimum absolute atomic E-state index is 0.545. The van der Waals surface area contributed by atoms with Crippen molar-refractivity contribution in [3.63, 3.8) is 0 Å². The van der Waals surface area contributed by atoms with Crippen LogP contribution in [0.5, 0.6) is 0 Å². The van der Waals surface area contributed by atoms with Gasteiger partial charge in [0.1, 0.15) is 5.76 Å². The molecule has 19 heavy (non-hydrogen) atoms. The molecule has 0 radical (unpaired) electrons. The van der Waals surface area contributed by atoms with Crippen molar-refractivity contribution >= 4 is 24.0 Å². The van der Waals surface area contributed by atoms with Gasteiger partial charge in [-0.05, 0) is 31.2 Å². The summed E-state index contributed by atoms with van der Waals surface area (Å²) in [6.07, 6.45) is 1.39. The lowest BCUT2D eigenvalue weighted by Gasteiger charge is -1.98. The topological polar surface area (TPSA) is 80.6 Å². The molecule has 1 heterocycles. The number of benzene rings is 1. The number of amides is 2. The Morgan fingerprint density at radius 1 is 1.32 bits per heavy atom. The Morgan fingerprint density at radius 3 is 2.74 bits per heavy atom. The van der Waals surface area contributed by atoms with Crippen LogP contribution >= 0.6 is 11.8 Å². The van der Waals surface area contributed by atoms with Gasteiger partial charge in [0.2, 0.25) is 0 Å². The Hall–Kier alpha value is -2.21. The monoisotopic (exact) mass is 275 g/mol. The molecule has 1 aromatic carbocycles. The number of carbonyl (C=O) groups is 1. The zero-order valence-electron chi connectivity index (χ0n) is 10.3. The molecular weight excluding hydrogens is 262 g/mol. The maximum Gasteiger partial charge on any atom is 0.332 e. The predicted octanol–water partition coefficient (Wildman–Crippen LogP) is 2.74. The zero-order chi connectivity index (χ0) is 13.7. The number of urea groups is 1. The number of hydrazone groups is 1. The van der Waals surface area contributed by atoms with E-state index in [1.54, 1.807) is 6.07 Å². The molecule has 1 aromatic heterocycles. The summed E-state index contributed by atoms with van der Waals surface area (Å²) in [5.74, 6) is 0.545. The van der Waals surface area contributed by atoms with Gasteiger partial charge < -0.3 is 10.2 Å². The van der Waals surface area contributed by atoms with Crippen LogP contribution < -0.4 is 11.2 Å². The quantitative estimate of drug-likeness (QED) is 0.665. The number of rotatable bonds is 4. The molecule has 0 atom stereocenters. The van der Waals surface area contributed by atoms with Crippen LogP contribution in [0.2, 0.25) is 0 Å². The maximum atomic E-state index is 10.4. The van der Waals surface area contributed by atoms with Crippen molar-refractivity contribution in [1.82, 2.24) is 5.43 Å². The fraction of sp³-hybridized carbons (Fsp3) is 0.0769. The molecule has 5 nitrogen and oxygen atoms in total. The van der Waals surface area contributed by atoms with E-state index in [4.69, 9.17) is 10.2 Å². The van der Waals surface area contributed by atoms with E-state index in [0.717, 1.165) is 9.99 Å². The molecule has 0 aliphatic carbocycles. The Bertz CT molecular complexity index is 590. The predicted molar refractivity (Wildman–Crippen MR) is 74.3 cm³/mol. The first-order valence-electron chi connectivity index (χ1n) is 5.56. The van der Waals surface area contributed by atoms with Crippen LogP contribution in [0.3, 0.4) is 0 Å². The average molecular weight is 275 g/mol. The minimum atomic E-state index is -0.711. The zero-order valence-corrected chi connectivity index (χ0v) is 11.1. The molecule has 0 aliphatic rings. The van der Waals surface area contributed by atoms with E-state index in [1.165, 1.54) is 23.5 Å². The molecule has 6 heteroatoms. The van der Waals surface area contributed by atoms with Crippen LogP contribution in [-0.4, -0.2) is 12.2 Å². The summed E-state index contributed by atoms with van der Waals surface area (Å²) in [5.41, 5.74) is 8.20. The number of aryl methyl sites for hydroxylation is 1. The fourth-order valence-corrected chi connectivity index (χ4v) is 2.12. The van der Waals surface area contributed by atoms with Crippen molar-refractivity contribution in [3.8, 4) is 0 Å². The number of hydrogen-bond acceptors (Lipinski definition) is 4. The highest BCUT2D eigenvalue weighted by Crippen LogP contribution is 2.28. The first kappa shape index (κ1) is 13.2. The second-order valence-electron chi connectivity index (χ2n) is 3.81. The summed E-state index contributed by atoms with van der Waals surface area (Å²) in [6, 6.07) is 11.1. The summed E-state index contributed by atoms with van der Waals surface area (Å²) in [5, 5.41) is 4.37. The third-order valence-electron chi connectivity index (χ3n) is 2.21. The van der Waals surface area contributed by atoms with Gasteiger partial charge in [0.25, 0.3) is 0 Å². The summed E-state index contributed by atoms with van der Waals surface area (Å²) in [6.45, 7) is 2.04. The van der Waals surface area contributed by atoms with E-state index in [2.05, 4.69) is 10.5 Å². The third-order valence-corrected chi connectivity index (χ3v) is 3.14. The molecule has 0 saturated heterocycles.